The van der Waals surface area contributed by atoms with Gasteiger partial charge in [0.2, 0.25) is 0 Å². The van der Waals surface area contributed by atoms with Crippen LogP contribution in [0.25, 0.3) is 0 Å². The van der Waals surface area contributed by atoms with Crippen molar-refractivity contribution in [2.45, 2.75) is 25.3 Å². The first kappa shape index (κ1) is 14.0. The standard InChI is InChI=1S/C16H23N3/c1-13-12-19(2)9-8-16(13)18-11-15(10-17)14-6-4-3-5-7-14/h3-7,13,15-16,18H,8-9,11-12H2,1-2H3. The summed E-state index contributed by atoms with van der Waals surface area (Å²) in [7, 11) is 2.18. The molecule has 1 N–H and O–H groups in total. The van der Waals surface area contributed by atoms with Crippen LogP contribution in [0.15, 0.2) is 30.3 Å². The minimum atomic E-state index is -0.0481. The summed E-state index contributed by atoms with van der Waals surface area (Å²) in [5.74, 6) is 0.599. The maximum Gasteiger partial charge on any atom is 0.0837 e. The van der Waals surface area contributed by atoms with E-state index in [1.54, 1.807) is 0 Å². The van der Waals surface area contributed by atoms with Crippen molar-refractivity contribution in [3.05, 3.63) is 35.9 Å². The Morgan fingerprint density at radius 2 is 2.16 bits per heavy atom. The zero-order valence-electron chi connectivity index (χ0n) is 11.8. The molecule has 0 aliphatic carbocycles. The van der Waals surface area contributed by atoms with E-state index in [9.17, 15) is 5.26 Å². The first-order valence-corrected chi connectivity index (χ1v) is 7.07. The molecule has 3 nitrogen and oxygen atoms in total. The van der Waals surface area contributed by atoms with E-state index >= 15 is 0 Å². The van der Waals surface area contributed by atoms with Crippen LogP contribution < -0.4 is 5.32 Å². The van der Waals surface area contributed by atoms with Crippen LogP contribution in [-0.2, 0) is 0 Å². The van der Waals surface area contributed by atoms with Crippen LogP contribution in [0.1, 0.15) is 24.8 Å². The van der Waals surface area contributed by atoms with Crippen LogP contribution in [-0.4, -0.2) is 37.6 Å². The maximum atomic E-state index is 9.32. The quantitative estimate of drug-likeness (QED) is 0.899. The Morgan fingerprint density at radius 3 is 2.79 bits per heavy atom. The van der Waals surface area contributed by atoms with Gasteiger partial charge in [-0.2, -0.15) is 5.26 Å². The van der Waals surface area contributed by atoms with Crippen LogP contribution in [0, 0.1) is 17.2 Å². The summed E-state index contributed by atoms with van der Waals surface area (Å²) >= 11 is 0. The van der Waals surface area contributed by atoms with E-state index in [0.717, 1.165) is 25.2 Å². The van der Waals surface area contributed by atoms with Gasteiger partial charge >= 0.3 is 0 Å². The highest BCUT2D eigenvalue weighted by Crippen LogP contribution is 2.18. The van der Waals surface area contributed by atoms with Crippen molar-refractivity contribution >= 4 is 0 Å². The molecule has 3 atom stereocenters. The lowest BCUT2D eigenvalue weighted by atomic mass is 9.93. The first-order chi connectivity index (χ1) is 9.20. The van der Waals surface area contributed by atoms with Gasteiger partial charge in [0.25, 0.3) is 0 Å². The van der Waals surface area contributed by atoms with Crippen molar-refractivity contribution in [1.29, 1.82) is 5.26 Å². The third-order valence-electron chi connectivity index (χ3n) is 4.05. The number of nitriles is 1. The molecule has 1 aromatic carbocycles. The number of piperidine rings is 1. The topological polar surface area (TPSA) is 39.1 Å². The number of hydrogen-bond donors (Lipinski definition) is 1. The molecule has 0 amide bonds. The van der Waals surface area contributed by atoms with E-state index in [4.69, 9.17) is 0 Å². The Hall–Kier alpha value is -1.37. The fraction of sp³-hybridized carbons (Fsp3) is 0.562. The van der Waals surface area contributed by atoms with Crippen molar-refractivity contribution < 1.29 is 0 Å². The third kappa shape index (κ3) is 3.79. The molecule has 1 fully saturated rings. The SMILES string of the molecule is CC1CN(C)CCC1NCC(C#N)c1ccccc1. The summed E-state index contributed by atoms with van der Waals surface area (Å²) in [5, 5.41) is 12.9. The molecule has 102 valence electrons. The molecule has 0 bridgehead atoms. The number of likely N-dealkylation sites (tertiary alicyclic amines) is 1. The minimum absolute atomic E-state index is 0.0481. The van der Waals surface area contributed by atoms with E-state index in [2.05, 4.69) is 30.3 Å². The number of nitrogens with one attached hydrogen (secondary N) is 1. The molecule has 19 heavy (non-hydrogen) atoms. The van der Waals surface area contributed by atoms with Crippen molar-refractivity contribution in [2.75, 3.05) is 26.7 Å². The molecule has 0 spiro atoms. The smallest absolute Gasteiger partial charge is 0.0837 e. The van der Waals surface area contributed by atoms with Crippen molar-refractivity contribution in [3.63, 3.8) is 0 Å². The predicted octanol–water partition coefficient (Wildman–Crippen LogP) is 2.22. The van der Waals surface area contributed by atoms with Crippen LogP contribution in [0.3, 0.4) is 0 Å². The fourth-order valence-corrected chi connectivity index (χ4v) is 2.85. The molecule has 1 aliphatic rings. The summed E-state index contributed by atoms with van der Waals surface area (Å²) in [6.45, 7) is 5.32. The van der Waals surface area contributed by atoms with Gasteiger partial charge in [0.1, 0.15) is 0 Å². The van der Waals surface area contributed by atoms with Gasteiger partial charge in [-0.05, 0) is 31.5 Å². The predicted molar refractivity (Wildman–Crippen MR) is 77.9 cm³/mol. The Morgan fingerprint density at radius 1 is 1.42 bits per heavy atom. The van der Waals surface area contributed by atoms with E-state index in [1.807, 2.05) is 30.3 Å². The van der Waals surface area contributed by atoms with Crippen LogP contribution in [0.4, 0.5) is 0 Å². The third-order valence-corrected chi connectivity index (χ3v) is 4.05. The lowest BCUT2D eigenvalue weighted by Crippen LogP contribution is -2.47. The van der Waals surface area contributed by atoms with Gasteiger partial charge in [-0.1, -0.05) is 37.3 Å². The van der Waals surface area contributed by atoms with Gasteiger partial charge in [0.15, 0.2) is 0 Å². The monoisotopic (exact) mass is 257 g/mol. The van der Waals surface area contributed by atoms with E-state index < -0.39 is 0 Å². The van der Waals surface area contributed by atoms with Gasteiger partial charge in [-0.15, -0.1) is 0 Å². The van der Waals surface area contributed by atoms with Crippen LogP contribution in [0.2, 0.25) is 0 Å². The molecule has 1 aliphatic heterocycles. The minimum Gasteiger partial charge on any atom is -0.312 e. The van der Waals surface area contributed by atoms with E-state index in [1.165, 1.54) is 6.42 Å². The average Bonchev–Trinajstić information content (AvgIpc) is 2.43. The molecule has 0 aromatic heterocycles. The number of nitrogens with zero attached hydrogens (tertiary/aromatic N) is 2. The van der Waals surface area contributed by atoms with Crippen LogP contribution >= 0.6 is 0 Å². The van der Waals surface area contributed by atoms with Crippen LogP contribution in [0.5, 0.6) is 0 Å². The van der Waals surface area contributed by atoms with Gasteiger partial charge in [-0.25, -0.2) is 0 Å². The molecule has 1 aromatic rings. The number of hydrogen-bond acceptors (Lipinski definition) is 3. The summed E-state index contributed by atoms with van der Waals surface area (Å²) in [6.07, 6.45) is 1.17. The Kier molecular flexibility index (Phi) is 4.95. The van der Waals surface area contributed by atoms with Gasteiger partial charge in [0.05, 0.1) is 12.0 Å². The van der Waals surface area contributed by atoms with Crippen molar-refractivity contribution in [3.8, 4) is 6.07 Å². The van der Waals surface area contributed by atoms with Crippen molar-refractivity contribution in [1.82, 2.24) is 10.2 Å². The highest BCUT2D eigenvalue weighted by molar-refractivity contribution is 5.25. The molecule has 1 saturated heterocycles. The lowest BCUT2D eigenvalue weighted by Gasteiger charge is -2.35. The molecule has 0 radical (unpaired) electrons. The van der Waals surface area contributed by atoms with Crippen molar-refractivity contribution in [2.24, 2.45) is 5.92 Å². The van der Waals surface area contributed by atoms with E-state index in [0.29, 0.717) is 12.0 Å². The average molecular weight is 257 g/mol. The first-order valence-electron chi connectivity index (χ1n) is 7.07. The zero-order chi connectivity index (χ0) is 13.7. The molecular weight excluding hydrogens is 234 g/mol. The van der Waals surface area contributed by atoms with Gasteiger partial charge in [0, 0.05) is 19.1 Å². The fourth-order valence-electron chi connectivity index (χ4n) is 2.85. The van der Waals surface area contributed by atoms with Gasteiger partial charge < -0.3 is 10.2 Å². The zero-order valence-corrected chi connectivity index (χ0v) is 11.8. The molecule has 2 rings (SSSR count). The second kappa shape index (κ2) is 6.70. The second-order valence-electron chi connectivity index (χ2n) is 5.64. The Bertz CT molecular complexity index is 423. The summed E-state index contributed by atoms with van der Waals surface area (Å²) in [6, 6.07) is 13.0. The molecular formula is C16H23N3. The highest BCUT2D eigenvalue weighted by Gasteiger charge is 2.24. The maximum absolute atomic E-state index is 9.32. The highest BCUT2D eigenvalue weighted by atomic mass is 15.1. The normalized spacial score (nSPS) is 25.7. The molecule has 0 saturated carbocycles. The Balaban J connectivity index is 1.89. The van der Waals surface area contributed by atoms with Gasteiger partial charge in [-0.3, -0.25) is 0 Å². The lowest BCUT2D eigenvalue weighted by molar-refractivity contribution is 0.175. The molecule has 3 heteroatoms. The summed E-state index contributed by atoms with van der Waals surface area (Å²) < 4.78 is 0. The summed E-state index contributed by atoms with van der Waals surface area (Å²) in [4.78, 5) is 2.38. The van der Waals surface area contributed by atoms with E-state index in [-0.39, 0.29) is 5.92 Å². The molecule has 1 heterocycles. The molecule has 3 unspecified atom stereocenters. The second-order valence-corrected chi connectivity index (χ2v) is 5.64. The Labute approximate surface area is 116 Å². The summed E-state index contributed by atoms with van der Waals surface area (Å²) in [5.41, 5.74) is 1.11. The number of rotatable bonds is 4. The largest absolute Gasteiger partial charge is 0.312 e. The number of benzene rings is 1.